The molecule has 6 rings (SSSR count). The summed E-state index contributed by atoms with van der Waals surface area (Å²) in [4.78, 5) is 25.1. The Morgan fingerprint density at radius 1 is 0.827 bits per heavy atom. The molecule has 2 amide bonds. The summed E-state index contributed by atoms with van der Waals surface area (Å²) in [7, 11) is 0. The Balaban J connectivity index is 1.02. The minimum atomic E-state index is -0.681. The normalized spacial score (nSPS) is 17.1. The fourth-order valence-electron chi connectivity index (χ4n) is 5.93. The van der Waals surface area contributed by atoms with Crippen LogP contribution in [-0.2, 0) is 25.7 Å². The highest BCUT2D eigenvalue weighted by molar-refractivity contribution is 7.99. The lowest BCUT2D eigenvalue weighted by Crippen LogP contribution is -2.31. The summed E-state index contributed by atoms with van der Waals surface area (Å²) in [5, 5.41) is 28.4. The number of rotatable bonds is 16. The van der Waals surface area contributed by atoms with E-state index in [2.05, 4.69) is 26.2 Å². The molecule has 12 nitrogen and oxygen atoms in total. The highest BCUT2D eigenvalue weighted by Crippen LogP contribution is 2.40. The fraction of sp³-hybridized carbons (Fsp3) is 0.308. The van der Waals surface area contributed by atoms with Gasteiger partial charge in [0.2, 0.25) is 17.0 Å². The predicted octanol–water partition coefficient (Wildman–Crippen LogP) is 6.99. The Hall–Kier alpha value is -5.08. The van der Waals surface area contributed by atoms with E-state index in [1.807, 2.05) is 91.0 Å². The van der Waals surface area contributed by atoms with Gasteiger partial charge < -0.3 is 30.9 Å². The van der Waals surface area contributed by atoms with E-state index in [0.29, 0.717) is 47.2 Å². The molecule has 5 aromatic rings. The van der Waals surface area contributed by atoms with Gasteiger partial charge in [0.15, 0.2) is 6.29 Å². The molecule has 0 spiro atoms. The van der Waals surface area contributed by atoms with Crippen molar-refractivity contribution in [3.63, 3.8) is 0 Å². The smallest absolute Gasteiger partial charge is 0.224 e. The quantitative estimate of drug-likeness (QED) is 0.0474. The number of hydrogen-bond donors (Lipinski definition) is 4. The molecule has 3 atom stereocenters. The van der Waals surface area contributed by atoms with Crippen molar-refractivity contribution in [2.75, 3.05) is 22.1 Å². The van der Waals surface area contributed by atoms with Crippen molar-refractivity contribution in [1.29, 1.82) is 0 Å². The molecule has 1 aromatic heterocycles. The third-order valence-electron chi connectivity index (χ3n) is 8.69. The molecule has 0 saturated carbocycles. The number of ether oxygens (including phenoxy) is 2. The van der Waals surface area contributed by atoms with Gasteiger partial charge in [-0.2, -0.15) is 4.68 Å². The summed E-state index contributed by atoms with van der Waals surface area (Å²) in [6.45, 7) is -0.0321. The minimum absolute atomic E-state index is 0.0321. The zero-order chi connectivity index (χ0) is 36.1. The molecule has 1 saturated heterocycles. The molecule has 1 aliphatic rings. The van der Waals surface area contributed by atoms with Gasteiger partial charge in [-0.05, 0) is 70.8 Å². The largest absolute Gasteiger partial charge is 0.397 e. The van der Waals surface area contributed by atoms with Gasteiger partial charge >= 0.3 is 0 Å². The highest BCUT2D eigenvalue weighted by Gasteiger charge is 2.33. The third kappa shape index (κ3) is 10.3. The lowest BCUT2D eigenvalue weighted by molar-refractivity contribution is -0.245. The van der Waals surface area contributed by atoms with E-state index in [-0.39, 0.29) is 30.6 Å². The van der Waals surface area contributed by atoms with Crippen LogP contribution in [0.25, 0.3) is 5.69 Å². The third-order valence-corrected chi connectivity index (χ3v) is 9.74. The summed E-state index contributed by atoms with van der Waals surface area (Å²) in [6.07, 6.45) is 3.39. The number of nitrogen functional groups attached to an aromatic ring is 1. The van der Waals surface area contributed by atoms with Crippen LogP contribution in [0.5, 0.6) is 0 Å². The maximum absolute atomic E-state index is 12.9. The number of carbonyl (C=O) groups is 2. The number of thioether (sulfide) groups is 1. The van der Waals surface area contributed by atoms with E-state index in [0.717, 1.165) is 48.1 Å². The average Bonchev–Trinajstić information content (AvgIpc) is 3.65. The van der Waals surface area contributed by atoms with E-state index in [4.69, 9.17) is 15.2 Å². The van der Waals surface area contributed by atoms with Crippen molar-refractivity contribution in [2.24, 2.45) is 0 Å². The van der Waals surface area contributed by atoms with E-state index >= 15 is 0 Å². The molecule has 1 fully saturated rings. The summed E-state index contributed by atoms with van der Waals surface area (Å²) in [5.74, 6) is 0.440. The van der Waals surface area contributed by atoms with Gasteiger partial charge in [0, 0.05) is 36.3 Å². The number of nitrogens with two attached hydrogens (primary N) is 1. The van der Waals surface area contributed by atoms with Crippen molar-refractivity contribution in [2.45, 2.75) is 75.2 Å². The number of benzene rings is 4. The number of unbranched alkanes of at least 4 members (excludes halogenated alkanes) is 3. The van der Waals surface area contributed by atoms with Crippen LogP contribution in [0.15, 0.2) is 108 Å². The zero-order valence-corrected chi connectivity index (χ0v) is 29.6. The first-order chi connectivity index (χ1) is 25.4. The number of anilines is 3. The monoisotopic (exact) mass is 721 g/mol. The maximum atomic E-state index is 12.9. The van der Waals surface area contributed by atoms with Crippen LogP contribution in [0.2, 0.25) is 0 Å². The lowest BCUT2D eigenvalue weighted by atomic mass is 10.0. The number of aromatic nitrogens is 4. The van der Waals surface area contributed by atoms with Gasteiger partial charge in [-0.15, -0.1) is 5.10 Å². The topological polar surface area (TPSA) is 167 Å². The average molecular weight is 722 g/mol. The Labute approximate surface area is 307 Å². The number of amides is 2. The molecule has 0 radical (unpaired) electrons. The number of hydrogen-bond acceptors (Lipinski definition) is 10. The van der Waals surface area contributed by atoms with Gasteiger partial charge in [-0.1, -0.05) is 91.3 Å². The highest BCUT2D eigenvalue weighted by atomic mass is 32.2. The standard InChI is InChI=1S/C39H43N7O5S/c40-33-15-8-9-16-34(33)42-37(49)18-7-2-1-6-17-36(48)41-30-12-10-11-29(23-30)38-50-32(24-35(51-38)28-21-19-27(25-47)20-22-28)26-52-39-43-44-45-46(39)31-13-4-3-5-14-31/h3-5,8-16,19-23,32,35,38,47H,1-2,6-7,17-18,24-26,40H2,(H,41,48)(H,42,49)/t32-,35+,38+/m1/s1. The summed E-state index contributed by atoms with van der Waals surface area (Å²) in [5.41, 5.74) is 11.2. The van der Waals surface area contributed by atoms with Crippen LogP contribution in [0.3, 0.4) is 0 Å². The van der Waals surface area contributed by atoms with Crippen molar-refractivity contribution in [3.8, 4) is 5.69 Å². The molecule has 4 aromatic carbocycles. The molecule has 1 aliphatic heterocycles. The van der Waals surface area contributed by atoms with Gasteiger partial charge in [0.25, 0.3) is 0 Å². The number of carbonyl (C=O) groups excluding carboxylic acids is 2. The number of para-hydroxylation sites is 3. The Bertz CT molecular complexity index is 1910. The lowest BCUT2D eigenvalue weighted by Gasteiger charge is -2.36. The van der Waals surface area contributed by atoms with Gasteiger partial charge in [-0.3, -0.25) is 9.59 Å². The van der Waals surface area contributed by atoms with E-state index < -0.39 is 6.29 Å². The van der Waals surface area contributed by atoms with Crippen LogP contribution in [-0.4, -0.2) is 49.0 Å². The van der Waals surface area contributed by atoms with Crippen molar-refractivity contribution < 1.29 is 24.2 Å². The number of nitrogens with one attached hydrogen (secondary N) is 2. The molecule has 270 valence electrons. The number of tetrazole rings is 1. The minimum Gasteiger partial charge on any atom is -0.397 e. The zero-order valence-electron chi connectivity index (χ0n) is 28.8. The Morgan fingerprint density at radius 3 is 2.31 bits per heavy atom. The number of aliphatic hydroxyl groups is 1. The molecule has 52 heavy (non-hydrogen) atoms. The number of nitrogens with zero attached hydrogens (tertiary/aromatic N) is 4. The van der Waals surface area contributed by atoms with Crippen molar-refractivity contribution in [1.82, 2.24) is 20.2 Å². The SMILES string of the molecule is Nc1ccccc1NC(=O)CCCCCCC(=O)Nc1cccc([C@H]2O[C@@H](CSc3nnnn3-c3ccccc3)C[C@@H](c3ccc(CO)cc3)O2)c1. The van der Waals surface area contributed by atoms with Crippen LogP contribution >= 0.6 is 11.8 Å². The van der Waals surface area contributed by atoms with E-state index in [9.17, 15) is 14.7 Å². The van der Waals surface area contributed by atoms with Gasteiger partial charge in [-0.25, -0.2) is 0 Å². The van der Waals surface area contributed by atoms with Gasteiger partial charge in [0.1, 0.15) is 0 Å². The van der Waals surface area contributed by atoms with Crippen LogP contribution in [0, 0.1) is 0 Å². The molecular formula is C39H43N7O5S. The summed E-state index contributed by atoms with van der Waals surface area (Å²) in [6, 6.07) is 32.2. The summed E-state index contributed by atoms with van der Waals surface area (Å²) < 4.78 is 14.8. The molecule has 0 unspecified atom stereocenters. The second-order valence-corrected chi connectivity index (χ2v) is 13.6. The molecule has 0 bridgehead atoms. The molecule has 2 heterocycles. The van der Waals surface area contributed by atoms with Crippen molar-refractivity contribution >= 4 is 40.6 Å². The van der Waals surface area contributed by atoms with Gasteiger partial charge in [0.05, 0.1) is 35.9 Å². The second kappa shape index (κ2) is 18.4. The van der Waals surface area contributed by atoms with E-state index in [1.54, 1.807) is 16.8 Å². The van der Waals surface area contributed by atoms with Crippen LogP contribution in [0.4, 0.5) is 17.1 Å². The fourth-order valence-corrected chi connectivity index (χ4v) is 6.83. The predicted molar refractivity (Wildman–Crippen MR) is 201 cm³/mol. The van der Waals surface area contributed by atoms with Crippen LogP contribution < -0.4 is 16.4 Å². The molecule has 0 aliphatic carbocycles. The first kappa shape index (κ1) is 36.7. The molecule has 13 heteroatoms. The maximum Gasteiger partial charge on any atom is 0.224 e. The molecular weight excluding hydrogens is 679 g/mol. The van der Waals surface area contributed by atoms with Crippen LogP contribution in [0.1, 0.15) is 74.0 Å². The second-order valence-electron chi connectivity index (χ2n) is 12.6. The first-order valence-corrected chi connectivity index (χ1v) is 18.4. The van der Waals surface area contributed by atoms with Crippen molar-refractivity contribution in [3.05, 3.63) is 120 Å². The summed E-state index contributed by atoms with van der Waals surface area (Å²) >= 11 is 1.51. The number of aliphatic hydroxyl groups excluding tert-OH is 1. The Morgan fingerprint density at radius 2 is 1.56 bits per heavy atom. The molecule has 5 N–H and O–H groups in total. The first-order valence-electron chi connectivity index (χ1n) is 17.5. The Kier molecular flexibility index (Phi) is 13.0. The van der Waals surface area contributed by atoms with E-state index in [1.165, 1.54) is 11.8 Å².